The van der Waals surface area contributed by atoms with Gasteiger partial charge in [-0.1, -0.05) is 11.6 Å². The Labute approximate surface area is 163 Å². The number of aromatic nitrogens is 3. The number of hydrogen-bond donors (Lipinski definition) is 2. The first kappa shape index (κ1) is 20.5. The molecule has 0 radical (unpaired) electrons. The maximum absolute atomic E-state index is 12.1. The second-order valence-electron chi connectivity index (χ2n) is 6.19. The monoisotopic (exact) mass is 399 g/mol. The predicted octanol–water partition coefficient (Wildman–Crippen LogP) is 2.68. The van der Waals surface area contributed by atoms with Gasteiger partial charge in [0.15, 0.2) is 12.4 Å². The fourth-order valence-electron chi connectivity index (χ4n) is 2.85. The lowest BCUT2D eigenvalue weighted by molar-refractivity contribution is -0.118. The number of hydrogen-bond acceptors (Lipinski definition) is 5. The molecule has 1 fully saturated rings. The van der Waals surface area contributed by atoms with Crippen molar-refractivity contribution in [1.82, 2.24) is 20.1 Å². The Morgan fingerprint density at radius 2 is 2.15 bits per heavy atom. The first-order valence-electron chi connectivity index (χ1n) is 8.33. The van der Waals surface area contributed by atoms with Crippen LogP contribution >= 0.6 is 24.0 Å². The predicted molar refractivity (Wildman–Crippen MR) is 103 cm³/mol. The van der Waals surface area contributed by atoms with Crippen molar-refractivity contribution in [3.05, 3.63) is 34.6 Å². The van der Waals surface area contributed by atoms with Crippen molar-refractivity contribution in [3.63, 3.8) is 0 Å². The standard InChI is InChI=1S/C17H22ClN5O2.ClH/c1-11-9-13(18)3-4-14(11)25-10-15(24)20-17-21-16(22-23(17)2)12-5-7-19-8-6-12;/h3-4,9,12,19H,5-8,10H2,1-2H3,(H,20,21,22,24);1H. The van der Waals surface area contributed by atoms with E-state index in [0.29, 0.717) is 22.6 Å². The van der Waals surface area contributed by atoms with Crippen LogP contribution in [0.2, 0.25) is 5.02 Å². The molecular formula is C17H23Cl2N5O2. The van der Waals surface area contributed by atoms with E-state index < -0.39 is 0 Å². The highest BCUT2D eigenvalue weighted by Crippen LogP contribution is 2.24. The second-order valence-corrected chi connectivity index (χ2v) is 6.62. The van der Waals surface area contributed by atoms with E-state index in [1.165, 1.54) is 0 Å². The number of carbonyl (C=O) groups is 1. The summed E-state index contributed by atoms with van der Waals surface area (Å²) in [7, 11) is 1.78. The van der Waals surface area contributed by atoms with Crippen LogP contribution in [0.5, 0.6) is 5.75 Å². The van der Waals surface area contributed by atoms with Gasteiger partial charge >= 0.3 is 0 Å². The Kier molecular flexibility index (Phi) is 7.25. The lowest BCUT2D eigenvalue weighted by Crippen LogP contribution is -2.27. The van der Waals surface area contributed by atoms with Gasteiger partial charge in [-0.25, -0.2) is 4.68 Å². The number of amides is 1. The Balaban J connectivity index is 0.00000243. The van der Waals surface area contributed by atoms with E-state index in [0.717, 1.165) is 37.3 Å². The summed E-state index contributed by atoms with van der Waals surface area (Å²) in [5.74, 6) is 1.92. The van der Waals surface area contributed by atoms with Gasteiger partial charge in [0.1, 0.15) is 5.75 Å². The molecule has 142 valence electrons. The number of nitrogens with zero attached hydrogens (tertiary/aromatic N) is 3. The first-order chi connectivity index (χ1) is 12.0. The number of rotatable bonds is 5. The maximum atomic E-state index is 12.1. The van der Waals surface area contributed by atoms with Crippen LogP contribution in [-0.2, 0) is 11.8 Å². The molecule has 1 aliphatic rings. The molecule has 7 nitrogen and oxygen atoms in total. The largest absolute Gasteiger partial charge is 0.483 e. The van der Waals surface area contributed by atoms with E-state index in [2.05, 4.69) is 20.7 Å². The summed E-state index contributed by atoms with van der Waals surface area (Å²) < 4.78 is 7.15. The molecule has 0 spiro atoms. The number of nitrogens with one attached hydrogen (secondary N) is 2. The topological polar surface area (TPSA) is 81.1 Å². The molecule has 0 aliphatic carbocycles. The van der Waals surface area contributed by atoms with E-state index in [4.69, 9.17) is 16.3 Å². The second kappa shape index (κ2) is 9.21. The van der Waals surface area contributed by atoms with Crippen LogP contribution < -0.4 is 15.4 Å². The van der Waals surface area contributed by atoms with Gasteiger partial charge in [-0.05, 0) is 56.6 Å². The highest BCUT2D eigenvalue weighted by molar-refractivity contribution is 6.30. The Hall–Kier alpha value is -1.83. The number of benzene rings is 1. The van der Waals surface area contributed by atoms with Crippen LogP contribution in [0.4, 0.5) is 5.95 Å². The summed E-state index contributed by atoms with van der Waals surface area (Å²) in [6, 6.07) is 5.28. The molecule has 1 saturated heterocycles. The summed E-state index contributed by atoms with van der Waals surface area (Å²) in [5, 5.41) is 11.2. The lowest BCUT2D eigenvalue weighted by Gasteiger charge is -2.19. The minimum absolute atomic E-state index is 0. The Morgan fingerprint density at radius 1 is 1.42 bits per heavy atom. The maximum Gasteiger partial charge on any atom is 0.264 e. The smallest absolute Gasteiger partial charge is 0.264 e. The van der Waals surface area contributed by atoms with Crippen LogP contribution in [-0.4, -0.2) is 40.4 Å². The quantitative estimate of drug-likeness (QED) is 0.807. The summed E-state index contributed by atoms with van der Waals surface area (Å²) in [5.41, 5.74) is 0.882. The van der Waals surface area contributed by atoms with E-state index in [1.807, 2.05) is 6.92 Å². The van der Waals surface area contributed by atoms with Crippen LogP contribution in [0.25, 0.3) is 0 Å². The van der Waals surface area contributed by atoms with Gasteiger partial charge in [-0.3, -0.25) is 10.1 Å². The molecule has 1 aromatic carbocycles. The summed E-state index contributed by atoms with van der Waals surface area (Å²) in [6.07, 6.45) is 2.02. The molecule has 26 heavy (non-hydrogen) atoms. The lowest BCUT2D eigenvalue weighted by atomic mass is 9.98. The van der Waals surface area contributed by atoms with Crippen LogP contribution in [0.15, 0.2) is 18.2 Å². The van der Waals surface area contributed by atoms with Crippen LogP contribution in [0, 0.1) is 6.92 Å². The van der Waals surface area contributed by atoms with Crippen molar-refractivity contribution in [3.8, 4) is 5.75 Å². The average Bonchev–Trinajstić information content (AvgIpc) is 2.95. The van der Waals surface area contributed by atoms with Crippen molar-refractivity contribution >= 4 is 35.9 Å². The number of anilines is 1. The fraction of sp³-hybridized carbons (Fsp3) is 0.471. The highest BCUT2D eigenvalue weighted by Gasteiger charge is 2.21. The third-order valence-electron chi connectivity index (χ3n) is 4.23. The van der Waals surface area contributed by atoms with Gasteiger partial charge in [0.2, 0.25) is 5.95 Å². The van der Waals surface area contributed by atoms with E-state index >= 15 is 0 Å². The van der Waals surface area contributed by atoms with Crippen molar-refractivity contribution in [2.24, 2.45) is 7.05 Å². The third kappa shape index (κ3) is 5.09. The fourth-order valence-corrected chi connectivity index (χ4v) is 3.07. The van der Waals surface area contributed by atoms with Gasteiger partial charge < -0.3 is 10.1 Å². The Bertz CT molecular complexity index is 760. The average molecular weight is 400 g/mol. The molecule has 2 aromatic rings. The van der Waals surface area contributed by atoms with Gasteiger partial charge in [0.05, 0.1) is 0 Å². The van der Waals surface area contributed by atoms with E-state index in [-0.39, 0.29) is 24.9 Å². The third-order valence-corrected chi connectivity index (χ3v) is 4.47. The molecular weight excluding hydrogens is 377 g/mol. The first-order valence-corrected chi connectivity index (χ1v) is 8.71. The molecule has 2 N–H and O–H groups in total. The zero-order valence-electron chi connectivity index (χ0n) is 14.8. The summed E-state index contributed by atoms with van der Waals surface area (Å²) >= 11 is 5.91. The van der Waals surface area contributed by atoms with Crippen LogP contribution in [0.3, 0.4) is 0 Å². The zero-order valence-corrected chi connectivity index (χ0v) is 16.4. The summed E-state index contributed by atoms with van der Waals surface area (Å²) in [4.78, 5) is 16.6. The number of piperidine rings is 1. The molecule has 1 aromatic heterocycles. The van der Waals surface area contributed by atoms with Gasteiger partial charge in [-0.2, -0.15) is 10.1 Å². The molecule has 1 aliphatic heterocycles. The molecule has 1 amide bonds. The van der Waals surface area contributed by atoms with Crippen LogP contribution in [0.1, 0.15) is 30.1 Å². The molecule has 0 bridgehead atoms. The minimum atomic E-state index is -0.276. The molecule has 2 heterocycles. The number of aryl methyl sites for hydroxylation is 2. The van der Waals surface area contributed by atoms with Gasteiger partial charge in [0.25, 0.3) is 5.91 Å². The van der Waals surface area contributed by atoms with Crippen molar-refractivity contribution in [2.75, 3.05) is 25.0 Å². The van der Waals surface area contributed by atoms with Gasteiger partial charge in [0, 0.05) is 18.0 Å². The molecule has 0 unspecified atom stereocenters. The van der Waals surface area contributed by atoms with Gasteiger partial charge in [-0.15, -0.1) is 12.4 Å². The molecule has 0 atom stereocenters. The zero-order chi connectivity index (χ0) is 17.8. The number of ether oxygens (including phenoxy) is 1. The Morgan fingerprint density at radius 3 is 2.85 bits per heavy atom. The number of halogens is 2. The minimum Gasteiger partial charge on any atom is -0.483 e. The molecule has 0 saturated carbocycles. The van der Waals surface area contributed by atoms with Crippen molar-refractivity contribution < 1.29 is 9.53 Å². The molecule has 3 rings (SSSR count). The summed E-state index contributed by atoms with van der Waals surface area (Å²) in [6.45, 7) is 3.73. The number of carbonyl (C=O) groups excluding carboxylic acids is 1. The SMILES string of the molecule is Cc1cc(Cl)ccc1OCC(=O)Nc1nc(C2CCNCC2)nn1C.Cl. The van der Waals surface area contributed by atoms with E-state index in [1.54, 1.807) is 29.9 Å². The molecule has 9 heteroatoms. The normalized spacial score (nSPS) is 14.6. The van der Waals surface area contributed by atoms with Crippen molar-refractivity contribution in [1.29, 1.82) is 0 Å². The highest BCUT2D eigenvalue weighted by atomic mass is 35.5. The van der Waals surface area contributed by atoms with E-state index in [9.17, 15) is 4.79 Å². The van der Waals surface area contributed by atoms with Crippen molar-refractivity contribution in [2.45, 2.75) is 25.7 Å².